The summed E-state index contributed by atoms with van der Waals surface area (Å²) in [6.07, 6.45) is -13.0. The number of nitrogens with two attached hydrogens (primary N) is 1. The average Bonchev–Trinajstić information content (AvgIpc) is 2.54. The molecule has 0 bridgehead atoms. The van der Waals surface area contributed by atoms with Crippen LogP contribution in [0, 0.1) is 0 Å². The van der Waals surface area contributed by atoms with Gasteiger partial charge in [-0.15, -0.1) is 0 Å². The van der Waals surface area contributed by atoms with E-state index in [4.69, 9.17) is 20.7 Å². The second-order valence-corrected chi connectivity index (χ2v) is 5.64. The highest BCUT2D eigenvalue weighted by molar-refractivity contribution is 5.77. The van der Waals surface area contributed by atoms with Gasteiger partial charge in [0.1, 0.15) is 30.5 Å². The van der Waals surface area contributed by atoms with Crippen molar-refractivity contribution in [1.82, 2.24) is 5.32 Å². The van der Waals surface area contributed by atoms with Crippen molar-refractivity contribution in [1.29, 1.82) is 0 Å². The Labute approximate surface area is 136 Å². The molecule has 1 fully saturated rings. The zero-order valence-electron chi connectivity index (χ0n) is 12.6. The lowest BCUT2D eigenvalue weighted by molar-refractivity contribution is -0.283. The Bertz CT molecular complexity index is 427. The smallest absolute Gasteiger partial charge is 0.224 e. The first kappa shape index (κ1) is 21.1. The molecular formula is C12H24N2O10. The minimum atomic E-state index is -2.34. The van der Waals surface area contributed by atoms with Crippen molar-refractivity contribution in [2.75, 3.05) is 13.2 Å². The molecule has 12 nitrogen and oxygen atoms in total. The van der Waals surface area contributed by atoms with E-state index in [0.29, 0.717) is 0 Å². The second-order valence-electron chi connectivity index (χ2n) is 5.64. The quantitative estimate of drug-likeness (QED) is 0.193. The summed E-state index contributed by atoms with van der Waals surface area (Å²) in [5, 5.41) is 77.4. The van der Waals surface area contributed by atoms with Crippen LogP contribution in [0.15, 0.2) is 0 Å². The molecule has 1 aliphatic heterocycles. The molecule has 11 N–H and O–H groups in total. The zero-order chi connectivity index (χ0) is 18.7. The summed E-state index contributed by atoms with van der Waals surface area (Å²) in [6, 6.07) is 0. The van der Waals surface area contributed by atoms with Crippen LogP contribution in [0.1, 0.15) is 6.42 Å². The Morgan fingerprint density at radius 3 is 2.25 bits per heavy atom. The fourth-order valence-electron chi connectivity index (χ4n) is 2.24. The van der Waals surface area contributed by atoms with Crippen molar-refractivity contribution < 1.29 is 50.4 Å². The number of aliphatic hydroxyl groups excluding tert-OH is 8. The maximum Gasteiger partial charge on any atom is 0.224 e. The van der Waals surface area contributed by atoms with Crippen LogP contribution in [-0.4, -0.2) is 109 Å². The van der Waals surface area contributed by atoms with Crippen molar-refractivity contribution >= 4 is 5.91 Å². The molecule has 0 radical (unpaired) electrons. The van der Waals surface area contributed by atoms with Crippen LogP contribution in [0.4, 0.5) is 0 Å². The van der Waals surface area contributed by atoms with Crippen molar-refractivity contribution in [2.24, 2.45) is 5.73 Å². The molecule has 0 aliphatic carbocycles. The number of hydrogen-bond acceptors (Lipinski definition) is 11. The minimum Gasteiger partial charge on any atom is -0.394 e. The molecule has 0 spiro atoms. The fourth-order valence-corrected chi connectivity index (χ4v) is 2.24. The maximum atomic E-state index is 11.9. The van der Waals surface area contributed by atoms with Gasteiger partial charge in [0.15, 0.2) is 12.0 Å². The average molecular weight is 356 g/mol. The molecule has 0 aromatic rings. The fraction of sp³-hybridized carbons (Fsp3) is 0.917. The lowest BCUT2D eigenvalue weighted by Crippen LogP contribution is -2.78. The predicted molar refractivity (Wildman–Crippen MR) is 74.8 cm³/mol. The first-order valence-electron chi connectivity index (χ1n) is 7.13. The van der Waals surface area contributed by atoms with Crippen molar-refractivity contribution in [2.45, 2.75) is 55.0 Å². The van der Waals surface area contributed by atoms with Crippen LogP contribution in [0.3, 0.4) is 0 Å². The Morgan fingerprint density at radius 1 is 1.17 bits per heavy atom. The Kier molecular flexibility index (Phi) is 7.43. The Hall–Kier alpha value is -0.930. The van der Waals surface area contributed by atoms with E-state index in [1.165, 1.54) is 0 Å². The monoisotopic (exact) mass is 356 g/mol. The Morgan fingerprint density at radius 2 is 1.75 bits per heavy atom. The summed E-state index contributed by atoms with van der Waals surface area (Å²) in [4.78, 5) is 11.9. The number of nitrogens with one attached hydrogen (secondary N) is 1. The third-order valence-corrected chi connectivity index (χ3v) is 3.81. The third-order valence-electron chi connectivity index (χ3n) is 3.81. The van der Waals surface area contributed by atoms with Gasteiger partial charge in [-0.25, -0.2) is 0 Å². The molecule has 0 aromatic carbocycles. The molecule has 1 aliphatic rings. The number of aliphatic hydroxyl groups is 8. The molecule has 8 atom stereocenters. The van der Waals surface area contributed by atoms with Gasteiger partial charge in [-0.05, 0) is 0 Å². The molecule has 0 saturated carbocycles. The first-order valence-corrected chi connectivity index (χ1v) is 7.13. The van der Waals surface area contributed by atoms with E-state index in [9.17, 15) is 35.4 Å². The number of hydrogen-bond donors (Lipinski definition) is 10. The summed E-state index contributed by atoms with van der Waals surface area (Å²) in [6.45, 7) is -1.57. The lowest BCUT2D eigenvalue weighted by atomic mass is 9.91. The number of ether oxygens (including phenoxy) is 1. The van der Waals surface area contributed by atoms with E-state index >= 15 is 0 Å². The van der Waals surface area contributed by atoms with Gasteiger partial charge in [-0.3, -0.25) is 4.79 Å². The molecular weight excluding hydrogens is 332 g/mol. The highest BCUT2D eigenvalue weighted by Crippen LogP contribution is 2.25. The van der Waals surface area contributed by atoms with Crippen LogP contribution in [0.5, 0.6) is 0 Å². The standard InChI is InChI=1S/C12H24N2O10/c13-12(10(22)9(21)6(3-16)24-11(12)23)14-7(19)1-4(17)8(20)5(18)2-15/h4-6,8-11,15-18,20-23H,1-3,13H2,(H,14,19)/t4-,5-,6-,8+,9-,10+,11-,12?/m1/s1. The highest BCUT2D eigenvalue weighted by atomic mass is 16.6. The van der Waals surface area contributed by atoms with Crippen LogP contribution in [0.25, 0.3) is 0 Å². The molecule has 1 saturated heterocycles. The normalized spacial score (nSPS) is 37.5. The molecule has 1 amide bonds. The van der Waals surface area contributed by atoms with E-state index in [0.717, 1.165) is 0 Å². The topological polar surface area (TPSA) is 226 Å². The molecule has 142 valence electrons. The van der Waals surface area contributed by atoms with Crippen molar-refractivity contribution in [3.8, 4) is 0 Å². The van der Waals surface area contributed by atoms with Gasteiger partial charge in [-0.1, -0.05) is 0 Å². The summed E-state index contributed by atoms with van der Waals surface area (Å²) in [5.41, 5.74) is 3.32. The van der Waals surface area contributed by atoms with Gasteiger partial charge in [0.25, 0.3) is 0 Å². The molecule has 1 unspecified atom stereocenters. The summed E-state index contributed by atoms with van der Waals surface area (Å²) >= 11 is 0. The van der Waals surface area contributed by atoms with Gasteiger partial charge in [0, 0.05) is 0 Å². The van der Waals surface area contributed by atoms with E-state index in [-0.39, 0.29) is 0 Å². The van der Waals surface area contributed by atoms with Gasteiger partial charge in [-0.2, -0.15) is 0 Å². The van der Waals surface area contributed by atoms with E-state index in [1.54, 1.807) is 0 Å². The van der Waals surface area contributed by atoms with Crippen molar-refractivity contribution in [3.05, 3.63) is 0 Å². The molecule has 24 heavy (non-hydrogen) atoms. The molecule has 12 heteroatoms. The maximum absolute atomic E-state index is 11.9. The third kappa shape index (κ3) is 4.37. The minimum absolute atomic E-state index is 0.719. The van der Waals surface area contributed by atoms with Gasteiger partial charge in [0.2, 0.25) is 5.91 Å². The lowest BCUT2D eigenvalue weighted by Gasteiger charge is -2.47. The number of carbonyl (C=O) groups is 1. The predicted octanol–water partition coefficient (Wildman–Crippen LogP) is -6.35. The van der Waals surface area contributed by atoms with Crippen LogP contribution < -0.4 is 11.1 Å². The summed E-state index contributed by atoms with van der Waals surface area (Å²) in [7, 11) is 0. The molecule has 1 heterocycles. The van der Waals surface area contributed by atoms with Crippen LogP contribution in [-0.2, 0) is 9.53 Å². The van der Waals surface area contributed by atoms with E-state index in [1.807, 2.05) is 5.32 Å². The first-order chi connectivity index (χ1) is 11.1. The van der Waals surface area contributed by atoms with Gasteiger partial charge >= 0.3 is 0 Å². The summed E-state index contributed by atoms with van der Waals surface area (Å²) < 4.78 is 4.81. The molecule has 0 aromatic heterocycles. The number of amides is 1. The van der Waals surface area contributed by atoms with Crippen LogP contribution in [0.2, 0.25) is 0 Å². The zero-order valence-corrected chi connectivity index (χ0v) is 12.6. The van der Waals surface area contributed by atoms with E-state index in [2.05, 4.69) is 0 Å². The number of carbonyl (C=O) groups excluding carboxylic acids is 1. The highest BCUT2D eigenvalue weighted by Gasteiger charge is 2.54. The second kappa shape index (κ2) is 8.44. The molecule has 1 rings (SSSR count). The SMILES string of the molecule is NC1(NC(=O)C[C@@H](O)[C@H](O)[C@H](O)CO)[C@H](O)O[C@H](CO)[C@@H](O)[C@@H]1O. The largest absolute Gasteiger partial charge is 0.394 e. The summed E-state index contributed by atoms with van der Waals surface area (Å²) in [5.74, 6) is -1.05. The van der Waals surface area contributed by atoms with E-state index < -0.39 is 74.1 Å². The Balaban J connectivity index is 2.74. The van der Waals surface area contributed by atoms with Crippen molar-refractivity contribution in [3.63, 3.8) is 0 Å². The number of rotatable bonds is 7. The van der Waals surface area contributed by atoms with Gasteiger partial charge < -0.3 is 56.6 Å². The van der Waals surface area contributed by atoms with Gasteiger partial charge in [0.05, 0.1) is 25.7 Å². The van der Waals surface area contributed by atoms with Crippen LogP contribution >= 0.6 is 0 Å².